The average Bonchev–Trinajstić information content (AvgIpc) is 2.25. The first-order chi connectivity index (χ1) is 7.99. The van der Waals surface area contributed by atoms with Crippen molar-refractivity contribution >= 4 is 0 Å². The highest BCUT2D eigenvalue weighted by Crippen LogP contribution is 2.26. The van der Waals surface area contributed by atoms with Gasteiger partial charge in [0.05, 0.1) is 19.1 Å². The Morgan fingerprint density at radius 3 is 2.12 bits per heavy atom. The lowest BCUT2D eigenvalue weighted by atomic mass is 9.89. The van der Waals surface area contributed by atoms with Crippen molar-refractivity contribution in [2.75, 3.05) is 7.11 Å². The van der Waals surface area contributed by atoms with E-state index >= 15 is 0 Å². The molecule has 0 fully saturated rings. The zero-order chi connectivity index (χ0) is 13.0. The van der Waals surface area contributed by atoms with E-state index < -0.39 is 0 Å². The summed E-state index contributed by atoms with van der Waals surface area (Å²) in [6.45, 7) is 8.28. The fourth-order valence-electron chi connectivity index (χ4n) is 2.16. The van der Waals surface area contributed by atoms with Gasteiger partial charge >= 0.3 is 0 Å². The van der Waals surface area contributed by atoms with Gasteiger partial charge in [-0.05, 0) is 42.9 Å². The van der Waals surface area contributed by atoms with Crippen LogP contribution in [0.4, 0.5) is 0 Å². The molecule has 0 aliphatic rings. The number of benzene rings is 1. The molecule has 0 bridgehead atoms. The molecule has 1 aromatic rings. The Bertz CT molecular complexity index is 406. The van der Waals surface area contributed by atoms with Crippen molar-refractivity contribution in [2.24, 2.45) is 11.8 Å². The molecule has 17 heavy (non-hydrogen) atoms. The predicted molar refractivity (Wildman–Crippen MR) is 70.1 cm³/mol. The van der Waals surface area contributed by atoms with Gasteiger partial charge in [-0.25, -0.2) is 0 Å². The van der Waals surface area contributed by atoms with Crippen molar-refractivity contribution in [1.29, 1.82) is 5.26 Å². The van der Waals surface area contributed by atoms with E-state index in [-0.39, 0.29) is 5.92 Å². The van der Waals surface area contributed by atoms with Gasteiger partial charge in [-0.2, -0.15) is 5.26 Å². The molecule has 2 heteroatoms. The van der Waals surface area contributed by atoms with Crippen LogP contribution in [0.2, 0.25) is 0 Å². The van der Waals surface area contributed by atoms with Gasteiger partial charge in [0, 0.05) is 0 Å². The van der Waals surface area contributed by atoms with Crippen LogP contribution in [-0.4, -0.2) is 7.11 Å². The Balaban J connectivity index is 2.98. The molecule has 0 N–H and O–H groups in total. The molecule has 0 aliphatic heterocycles. The van der Waals surface area contributed by atoms with Gasteiger partial charge in [0.15, 0.2) is 0 Å². The van der Waals surface area contributed by atoms with E-state index in [1.165, 1.54) is 5.56 Å². The van der Waals surface area contributed by atoms with Crippen molar-refractivity contribution in [3.8, 4) is 11.8 Å². The lowest BCUT2D eigenvalue weighted by Gasteiger charge is -2.15. The molecule has 0 aliphatic carbocycles. The third kappa shape index (κ3) is 3.23. The minimum atomic E-state index is 0.0854. The molecule has 0 spiro atoms. The minimum absolute atomic E-state index is 0.0854. The monoisotopic (exact) mass is 231 g/mol. The maximum absolute atomic E-state index is 9.12. The Labute approximate surface area is 104 Å². The molecule has 1 rings (SSSR count). The second-order valence-electron chi connectivity index (χ2n) is 4.95. The van der Waals surface area contributed by atoms with Crippen molar-refractivity contribution in [1.82, 2.24) is 0 Å². The predicted octanol–water partition coefficient (Wildman–Crippen LogP) is 3.65. The first-order valence-corrected chi connectivity index (χ1v) is 6.03. The van der Waals surface area contributed by atoms with E-state index in [1.54, 1.807) is 7.11 Å². The summed E-state index contributed by atoms with van der Waals surface area (Å²) in [5.74, 6) is 1.43. The first-order valence-electron chi connectivity index (χ1n) is 6.03. The molecule has 0 heterocycles. The normalized spacial score (nSPS) is 12.3. The van der Waals surface area contributed by atoms with E-state index in [0.717, 1.165) is 23.3 Å². The van der Waals surface area contributed by atoms with Crippen LogP contribution < -0.4 is 4.74 Å². The Hall–Kier alpha value is -1.49. The summed E-state index contributed by atoms with van der Waals surface area (Å²) < 4.78 is 5.34. The summed E-state index contributed by atoms with van der Waals surface area (Å²) >= 11 is 0. The van der Waals surface area contributed by atoms with Gasteiger partial charge in [-0.15, -0.1) is 0 Å². The summed E-state index contributed by atoms with van der Waals surface area (Å²) in [6.07, 6.45) is 0.819. The van der Waals surface area contributed by atoms with E-state index in [2.05, 4.69) is 32.0 Å². The molecule has 2 nitrogen and oxygen atoms in total. The highest BCUT2D eigenvalue weighted by atomic mass is 16.5. The highest BCUT2D eigenvalue weighted by molar-refractivity contribution is 5.43. The molecule has 0 saturated carbocycles. The Kier molecular flexibility index (Phi) is 4.57. The van der Waals surface area contributed by atoms with Crippen LogP contribution >= 0.6 is 0 Å². The number of rotatable bonds is 4. The van der Waals surface area contributed by atoms with Crippen LogP contribution in [0.5, 0.6) is 5.75 Å². The molecule has 92 valence electrons. The molecule has 1 aromatic carbocycles. The van der Waals surface area contributed by atoms with Gasteiger partial charge < -0.3 is 4.74 Å². The summed E-state index contributed by atoms with van der Waals surface area (Å²) in [7, 11) is 1.70. The largest absolute Gasteiger partial charge is 0.496 e. The molecule has 0 aromatic heterocycles. The van der Waals surface area contributed by atoms with Crippen LogP contribution in [0.1, 0.15) is 30.5 Å². The molecule has 0 radical (unpaired) electrons. The molecule has 0 saturated heterocycles. The van der Waals surface area contributed by atoms with Crippen LogP contribution in [-0.2, 0) is 6.42 Å². The van der Waals surface area contributed by atoms with Crippen molar-refractivity contribution in [3.63, 3.8) is 0 Å². The number of nitrogens with zero attached hydrogens (tertiary/aromatic N) is 1. The van der Waals surface area contributed by atoms with Crippen LogP contribution in [0.25, 0.3) is 0 Å². The summed E-state index contributed by atoms with van der Waals surface area (Å²) in [5.41, 5.74) is 3.51. The van der Waals surface area contributed by atoms with E-state index in [4.69, 9.17) is 10.00 Å². The molecular formula is C15H21NO. The maximum atomic E-state index is 9.12. The van der Waals surface area contributed by atoms with Crippen molar-refractivity contribution in [2.45, 2.75) is 34.1 Å². The maximum Gasteiger partial charge on any atom is 0.124 e. The van der Waals surface area contributed by atoms with E-state index in [9.17, 15) is 0 Å². The first kappa shape index (κ1) is 13.6. The molecule has 0 amide bonds. The summed E-state index contributed by atoms with van der Waals surface area (Å²) in [6, 6.07) is 6.63. The van der Waals surface area contributed by atoms with Gasteiger partial charge in [0.2, 0.25) is 0 Å². The number of nitriles is 1. The minimum Gasteiger partial charge on any atom is -0.496 e. The smallest absolute Gasteiger partial charge is 0.124 e. The SMILES string of the molecule is COc1c(C)cc(CC(C#N)C(C)C)cc1C. The molecular weight excluding hydrogens is 210 g/mol. The highest BCUT2D eigenvalue weighted by Gasteiger charge is 2.14. The Morgan fingerprint density at radius 1 is 1.24 bits per heavy atom. The van der Waals surface area contributed by atoms with Gasteiger partial charge in [-0.3, -0.25) is 0 Å². The van der Waals surface area contributed by atoms with Gasteiger partial charge in [-0.1, -0.05) is 26.0 Å². The third-order valence-electron chi connectivity index (χ3n) is 3.15. The number of hydrogen-bond donors (Lipinski definition) is 0. The number of aryl methyl sites for hydroxylation is 2. The lowest BCUT2D eigenvalue weighted by molar-refractivity contribution is 0.408. The van der Waals surface area contributed by atoms with Gasteiger partial charge in [0.1, 0.15) is 5.75 Å². The second kappa shape index (κ2) is 5.72. The van der Waals surface area contributed by atoms with Crippen LogP contribution in [0.15, 0.2) is 12.1 Å². The van der Waals surface area contributed by atoms with Crippen molar-refractivity contribution < 1.29 is 4.74 Å². The zero-order valence-corrected chi connectivity index (χ0v) is 11.4. The fraction of sp³-hybridized carbons (Fsp3) is 0.533. The van der Waals surface area contributed by atoms with Crippen LogP contribution in [0.3, 0.4) is 0 Å². The number of hydrogen-bond acceptors (Lipinski definition) is 2. The van der Waals surface area contributed by atoms with Crippen molar-refractivity contribution in [3.05, 3.63) is 28.8 Å². The standard InChI is InChI=1S/C15H21NO/c1-10(2)14(9-16)8-13-6-11(3)15(17-5)12(4)7-13/h6-7,10,14H,8H2,1-5H3. The summed E-state index contributed by atoms with van der Waals surface area (Å²) in [4.78, 5) is 0. The van der Waals surface area contributed by atoms with Crippen LogP contribution in [0, 0.1) is 37.0 Å². The van der Waals surface area contributed by atoms with Gasteiger partial charge in [0.25, 0.3) is 0 Å². The zero-order valence-electron chi connectivity index (χ0n) is 11.4. The third-order valence-corrected chi connectivity index (χ3v) is 3.15. The quantitative estimate of drug-likeness (QED) is 0.792. The number of methoxy groups -OCH3 is 1. The lowest BCUT2D eigenvalue weighted by Crippen LogP contribution is -2.10. The molecule has 1 atom stereocenters. The van der Waals surface area contributed by atoms with E-state index in [1.807, 2.05) is 13.8 Å². The molecule has 1 unspecified atom stereocenters. The number of ether oxygens (including phenoxy) is 1. The second-order valence-corrected chi connectivity index (χ2v) is 4.95. The Morgan fingerprint density at radius 2 is 1.76 bits per heavy atom. The average molecular weight is 231 g/mol. The fourth-order valence-corrected chi connectivity index (χ4v) is 2.16. The topological polar surface area (TPSA) is 33.0 Å². The summed E-state index contributed by atoms with van der Waals surface area (Å²) in [5, 5.41) is 9.12. The van der Waals surface area contributed by atoms with E-state index in [0.29, 0.717) is 5.92 Å².